The fourth-order valence-electron chi connectivity index (χ4n) is 1.93. The molecular weight excluding hydrogens is 214 g/mol. The van der Waals surface area contributed by atoms with Crippen molar-refractivity contribution in [1.82, 2.24) is 9.78 Å². The number of hydrogen-bond acceptors (Lipinski definition) is 2. The van der Waals surface area contributed by atoms with Crippen LogP contribution in [0.25, 0.3) is 11.3 Å². The van der Waals surface area contributed by atoms with Crippen LogP contribution in [0.5, 0.6) is 0 Å². The molecule has 0 fully saturated rings. The van der Waals surface area contributed by atoms with Gasteiger partial charge in [-0.25, -0.2) is 0 Å². The number of aromatic nitrogens is 2. The van der Waals surface area contributed by atoms with Crippen molar-refractivity contribution in [2.75, 3.05) is 6.54 Å². The molecule has 1 aromatic heterocycles. The largest absolute Gasteiger partial charge is 0.330 e. The Morgan fingerprint density at radius 2 is 1.94 bits per heavy atom. The van der Waals surface area contributed by atoms with Gasteiger partial charge < -0.3 is 5.73 Å². The fraction of sp³-hybridized carbons (Fsp3) is 0.308. The maximum absolute atomic E-state index is 11.9. The summed E-state index contributed by atoms with van der Waals surface area (Å²) < 4.78 is 1.50. The Hall–Kier alpha value is -1.81. The van der Waals surface area contributed by atoms with Crippen molar-refractivity contribution in [2.24, 2.45) is 12.8 Å². The first-order valence-electron chi connectivity index (χ1n) is 5.68. The van der Waals surface area contributed by atoms with Crippen LogP contribution in [0, 0.1) is 6.92 Å². The molecule has 0 unspecified atom stereocenters. The Morgan fingerprint density at radius 3 is 2.53 bits per heavy atom. The van der Waals surface area contributed by atoms with Gasteiger partial charge in [-0.2, -0.15) is 0 Å². The molecule has 0 spiro atoms. The summed E-state index contributed by atoms with van der Waals surface area (Å²) in [4.78, 5) is 11.9. The van der Waals surface area contributed by atoms with E-state index in [4.69, 9.17) is 5.73 Å². The van der Waals surface area contributed by atoms with E-state index in [0.717, 1.165) is 16.8 Å². The number of H-pyrrole nitrogens is 1. The summed E-state index contributed by atoms with van der Waals surface area (Å²) in [5.41, 5.74) is 9.42. The summed E-state index contributed by atoms with van der Waals surface area (Å²) in [6.45, 7) is 2.52. The third-order valence-corrected chi connectivity index (χ3v) is 2.88. The number of nitrogens with two attached hydrogens (primary N) is 1. The van der Waals surface area contributed by atoms with Crippen molar-refractivity contribution >= 4 is 0 Å². The maximum atomic E-state index is 11.9. The molecule has 0 aliphatic heterocycles. The van der Waals surface area contributed by atoms with Crippen LogP contribution >= 0.6 is 0 Å². The second-order valence-electron chi connectivity index (χ2n) is 4.23. The summed E-state index contributed by atoms with van der Waals surface area (Å²) >= 11 is 0. The first-order valence-corrected chi connectivity index (χ1v) is 5.68. The lowest BCUT2D eigenvalue weighted by atomic mass is 10.0. The minimum absolute atomic E-state index is 0.00558. The van der Waals surface area contributed by atoms with E-state index in [1.165, 1.54) is 10.2 Å². The van der Waals surface area contributed by atoms with Crippen LogP contribution in [0.2, 0.25) is 0 Å². The summed E-state index contributed by atoms with van der Waals surface area (Å²) in [6.07, 6.45) is 0.597. The monoisotopic (exact) mass is 231 g/mol. The van der Waals surface area contributed by atoms with Crippen LogP contribution in [-0.4, -0.2) is 16.3 Å². The minimum atomic E-state index is 0.00558. The molecule has 17 heavy (non-hydrogen) atoms. The maximum Gasteiger partial charge on any atom is 0.270 e. The summed E-state index contributed by atoms with van der Waals surface area (Å²) in [5.74, 6) is 0. The van der Waals surface area contributed by atoms with Gasteiger partial charge in [0.2, 0.25) is 0 Å². The molecule has 0 atom stereocenters. The predicted molar refractivity (Wildman–Crippen MR) is 69.0 cm³/mol. The van der Waals surface area contributed by atoms with Crippen molar-refractivity contribution in [3.8, 4) is 11.3 Å². The average Bonchev–Trinajstić information content (AvgIpc) is 2.59. The normalized spacial score (nSPS) is 10.8. The van der Waals surface area contributed by atoms with E-state index in [9.17, 15) is 4.79 Å². The van der Waals surface area contributed by atoms with Gasteiger partial charge in [-0.3, -0.25) is 14.6 Å². The molecule has 4 nitrogen and oxygen atoms in total. The van der Waals surface area contributed by atoms with Crippen LogP contribution in [0.1, 0.15) is 11.1 Å². The second kappa shape index (κ2) is 4.59. The second-order valence-corrected chi connectivity index (χ2v) is 4.23. The Morgan fingerprint density at radius 1 is 1.29 bits per heavy atom. The van der Waals surface area contributed by atoms with E-state index in [1.807, 2.05) is 31.2 Å². The Bertz CT molecular complexity index is 563. The highest BCUT2D eigenvalue weighted by Crippen LogP contribution is 2.20. The summed E-state index contributed by atoms with van der Waals surface area (Å²) in [7, 11) is 1.72. The van der Waals surface area contributed by atoms with Crippen molar-refractivity contribution in [3.63, 3.8) is 0 Å². The lowest BCUT2D eigenvalue weighted by Gasteiger charge is -2.02. The quantitative estimate of drug-likeness (QED) is 0.833. The molecule has 0 amide bonds. The van der Waals surface area contributed by atoms with Crippen LogP contribution < -0.4 is 11.3 Å². The highest BCUT2D eigenvalue weighted by atomic mass is 16.1. The van der Waals surface area contributed by atoms with E-state index >= 15 is 0 Å². The molecule has 0 aliphatic rings. The molecule has 2 rings (SSSR count). The lowest BCUT2D eigenvalue weighted by molar-refractivity contribution is 0.739. The van der Waals surface area contributed by atoms with Gasteiger partial charge in [0.15, 0.2) is 0 Å². The zero-order valence-corrected chi connectivity index (χ0v) is 10.2. The molecular formula is C13H17N3O. The van der Waals surface area contributed by atoms with E-state index in [0.29, 0.717) is 13.0 Å². The number of aryl methyl sites for hydroxylation is 2. The number of rotatable bonds is 3. The molecule has 0 saturated heterocycles. The van der Waals surface area contributed by atoms with Gasteiger partial charge in [-0.1, -0.05) is 29.8 Å². The van der Waals surface area contributed by atoms with Crippen molar-refractivity contribution in [3.05, 3.63) is 45.7 Å². The van der Waals surface area contributed by atoms with E-state index in [2.05, 4.69) is 5.10 Å². The molecule has 90 valence electrons. The molecule has 0 aliphatic carbocycles. The summed E-state index contributed by atoms with van der Waals surface area (Å²) in [6, 6.07) is 8.10. The third kappa shape index (κ3) is 2.17. The van der Waals surface area contributed by atoms with Gasteiger partial charge in [0.25, 0.3) is 5.56 Å². The first-order chi connectivity index (χ1) is 8.13. The van der Waals surface area contributed by atoms with Gasteiger partial charge in [0.1, 0.15) is 0 Å². The topological polar surface area (TPSA) is 63.8 Å². The number of nitrogens with zero attached hydrogens (tertiary/aromatic N) is 1. The molecule has 1 heterocycles. The highest BCUT2D eigenvalue weighted by Gasteiger charge is 2.12. The zero-order valence-electron chi connectivity index (χ0n) is 10.2. The van der Waals surface area contributed by atoms with Gasteiger partial charge >= 0.3 is 0 Å². The highest BCUT2D eigenvalue weighted by molar-refractivity contribution is 5.63. The van der Waals surface area contributed by atoms with Crippen molar-refractivity contribution in [1.29, 1.82) is 0 Å². The standard InChI is InChI=1S/C13H17N3O/c1-9-3-5-10(6-4-9)12-11(7-8-14)13(17)16(2)15-12/h3-6,15H,7-8,14H2,1-2H3. The Balaban J connectivity index is 2.54. The van der Waals surface area contributed by atoms with Crippen LogP contribution in [0.3, 0.4) is 0 Å². The number of hydrogen-bond donors (Lipinski definition) is 2. The molecule has 3 N–H and O–H groups in total. The number of aromatic amines is 1. The van der Waals surface area contributed by atoms with E-state index < -0.39 is 0 Å². The molecule has 0 saturated carbocycles. The van der Waals surface area contributed by atoms with Gasteiger partial charge in [-0.05, 0) is 25.5 Å². The third-order valence-electron chi connectivity index (χ3n) is 2.88. The predicted octanol–water partition coefficient (Wildman–Crippen LogP) is 1.19. The number of nitrogens with one attached hydrogen (secondary N) is 1. The SMILES string of the molecule is Cc1ccc(-c2[nH]n(C)c(=O)c2CCN)cc1. The van der Waals surface area contributed by atoms with Crippen molar-refractivity contribution in [2.45, 2.75) is 13.3 Å². The molecule has 2 aromatic rings. The molecule has 1 aromatic carbocycles. The molecule has 0 radical (unpaired) electrons. The van der Waals surface area contributed by atoms with E-state index in [-0.39, 0.29) is 5.56 Å². The van der Waals surface area contributed by atoms with Crippen LogP contribution in [0.15, 0.2) is 29.1 Å². The van der Waals surface area contributed by atoms with Gasteiger partial charge in [-0.15, -0.1) is 0 Å². The Labute approximate surface area is 100 Å². The first kappa shape index (κ1) is 11.7. The van der Waals surface area contributed by atoms with E-state index in [1.54, 1.807) is 7.05 Å². The Kier molecular flexibility index (Phi) is 3.15. The van der Waals surface area contributed by atoms with Gasteiger partial charge in [0, 0.05) is 12.6 Å². The van der Waals surface area contributed by atoms with Crippen LogP contribution in [-0.2, 0) is 13.5 Å². The summed E-state index contributed by atoms with van der Waals surface area (Å²) in [5, 5.41) is 3.08. The van der Waals surface area contributed by atoms with Crippen molar-refractivity contribution < 1.29 is 0 Å². The lowest BCUT2D eigenvalue weighted by Crippen LogP contribution is -2.17. The number of benzene rings is 1. The van der Waals surface area contributed by atoms with Gasteiger partial charge in [0.05, 0.1) is 5.69 Å². The minimum Gasteiger partial charge on any atom is -0.330 e. The molecule has 0 bridgehead atoms. The average molecular weight is 231 g/mol. The van der Waals surface area contributed by atoms with Crippen LogP contribution in [0.4, 0.5) is 0 Å². The zero-order chi connectivity index (χ0) is 12.4. The smallest absolute Gasteiger partial charge is 0.270 e. The molecule has 4 heteroatoms. The fourth-order valence-corrected chi connectivity index (χ4v) is 1.93.